The van der Waals surface area contributed by atoms with E-state index in [-0.39, 0.29) is 17.7 Å². The first-order valence-electron chi connectivity index (χ1n) is 5.12. The first-order valence-corrected chi connectivity index (χ1v) is 5.12. The van der Waals surface area contributed by atoms with Crippen molar-refractivity contribution in [1.29, 1.82) is 0 Å². The van der Waals surface area contributed by atoms with Crippen LogP contribution in [0.3, 0.4) is 0 Å². The van der Waals surface area contributed by atoms with Gasteiger partial charge in [0.1, 0.15) is 5.78 Å². The van der Waals surface area contributed by atoms with Crippen LogP contribution in [-0.4, -0.2) is 18.4 Å². The van der Waals surface area contributed by atoms with Crippen molar-refractivity contribution in [2.45, 2.75) is 27.2 Å². The molecule has 0 radical (unpaired) electrons. The highest BCUT2D eigenvalue weighted by atomic mass is 16.5. The Balaban J connectivity index is 3.00. The zero-order valence-corrected chi connectivity index (χ0v) is 9.37. The Labute approximate surface area is 89.8 Å². The Kier molecular flexibility index (Phi) is 3.83. The molecule has 1 atom stereocenters. The third kappa shape index (κ3) is 2.55. The lowest BCUT2D eigenvalue weighted by molar-refractivity contribution is -0.140. The smallest absolute Gasteiger partial charge is 0.335 e. The molecule has 0 aliphatic heterocycles. The van der Waals surface area contributed by atoms with Gasteiger partial charge in [0, 0.05) is 0 Å². The maximum absolute atomic E-state index is 11.7. The van der Waals surface area contributed by atoms with E-state index in [0.29, 0.717) is 18.6 Å². The van der Waals surface area contributed by atoms with Crippen LogP contribution < -0.4 is 0 Å². The molecule has 1 unspecified atom stereocenters. The summed E-state index contributed by atoms with van der Waals surface area (Å²) in [4.78, 5) is 23.0. The summed E-state index contributed by atoms with van der Waals surface area (Å²) in [5, 5.41) is 0. The van der Waals surface area contributed by atoms with Gasteiger partial charge in [-0.05, 0) is 32.8 Å². The maximum Gasteiger partial charge on any atom is 0.335 e. The van der Waals surface area contributed by atoms with Gasteiger partial charge in [-0.3, -0.25) is 4.79 Å². The minimum Gasteiger partial charge on any atom is -0.463 e. The molecule has 0 saturated heterocycles. The largest absolute Gasteiger partial charge is 0.463 e. The fourth-order valence-electron chi connectivity index (χ4n) is 1.74. The van der Waals surface area contributed by atoms with Crippen molar-refractivity contribution >= 4 is 11.8 Å². The number of ether oxygens (including phenoxy) is 1. The molecular formula is C12H16O3. The summed E-state index contributed by atoms with van der Waals surface area (Å²) in [6, 6.07) is 0. The van der Waals surface area contributed by atoms with Crippen LogP contribution in [0.4, 0.5) is 0 Å². The van der Waals surface area contributed by atoms with Crippen LogP contribution in [0.1, 0.15) is 27.2 Å². The minimum atomic E-state index is -0.362. The third-order valence-electron chi connectivity index (χ3n) is 2.50. The molecule has 0 aromatic rings. The molecule has 82 valence electrons. The van der Waals surface area contributed by atoms with Crippen LogP contribution in [0, 0.1) is 5.92 Å². The van der Waals surface area contributed by atoms with Gasteiger partial charge in [-0.1, -0.05) is 12.2 Å². The molecule has 0 heterocycles. The molecular weight excluding hydrogens is 192 g/mol. The van der Waals surface area contributed by atoms with Crippen molar-refractivity contribution in [3.05, 3.63) is 23.3 Å². The topological polar surface area (TPSA) is 43.4 Å². The lowest BCUT2D eigenvalue weighted by atomic mass is 9.85. The number of rotatable bonds is 3. The van der Waals surface area contributed by atoms with Crippen molar-refractivity contribution in [3.63, 3.8) is 0 Å². The van der Waals surface area contributed by atoms with E-state index >= 15 is 0 Å². The average Bonchev–Trinajstić information content (AvgIpc) is 2.17. The highest BCUT2D eigenvalue weighted by Gasteiger charge is 2.28. The summed E-state index contributed by atoms with van der Waals surface area (Å²) < 4.78 is 4.95. The maximum atomic E-state index is 11.7. The van der Waals surface area contributed by atoms with Gasteiger partial charge in [0.05, 0.1) is 18.1 Å². The SMILES string of the molecule is CCOC(=O)C1=C(C)C=CCC1C(C)=O. The molecule has 1 aliphatic carbocycles. The van der Waals surface area contributed by atoms with Crippen molar-refractivity contribution in [2.24, 2.45) is 5.92 Å². The van der Waals surface area contributed by atoms with Crippen LogP contribution in [0.15, 0.2) is 23.3 Å². The van der Waals surface area contributed by atoms with Gasteiger partial charge in [-0.2, -0.15) is 0 Å². The predicted molar refractivity (Wildman–Crippen MR) is 57.3 cm³/mol. The van der Waals surface area contributed by atoms with E-state index in [1.54, 1.807) is 6.92 Å². The summed E-state index contributed by atoms with van der Waals surface area (Å²) in [5.74, 6) is -0.671. The Morgan fingerprint density at radius 1 is 1.53 bits per heavy atom. The van der Waals surface area contributed by atoms with E-state index in [2.05, 4.69) is 0 Å². The van der Waals surface area contributed by atoms with Gasteiger partial charge in [0.25, 0.3) is 0 Å². The van der Waals surface area contributed by atoms with Crippen LogP contribution in [0.2, 0.25) is 0 Å². The molecule has 1 aliphatic rings. The van der Waals surface area contributed by atoms with Gasteiger partial charge in [0.15, 0.2) is 0 Å². The minimum absolute atomic E-state index is 0.0155. The third-order valence-corrected chi connectivity index (χ3v) is 2.50. The molecule has 0 aromatic heterocycles. The molecule has 0 fully saturated rings. The van der Waals surface area contributed by atoms with Crippen LogP contribution in [0.25, 0.3) is 0 Å². The Morgan fingerprint density at radius 3 is 2.73 bits per heavy atom. The van der Waals surface area contributed by atoms with Crippen molar-refractivity contribution in [2.75, 3.05) is 6.61 Å². The summed E-state index contributed by atoms with van der Waals surface area (Å²) in [7, 11) is 0. The molecule has 0 bridgehead atoms. The monoisotopic (exact) mass is 208 g/mol. The fraction of sp³-hybridized carbons (Fsp3) is 0.500. The summed E-state index contributed by atoms with van der Waals surface area (Å²) >= 11 is 0. The van der Waals surface area contributed by atoms with Gasteiger partial charge >= 0.3 is 5.97 Å². The number of esters is 1. The van der Waals surface area contributed by atoms with Gasteiger partial charge < -0.3 is 4.74 Å². The number of Topliss-reactive ketones (excluding diaryl/α,β-unsaturated/α-hetero) is 1. The quantitative estimate of drug-likeness (QED) is 0.666. The van der Waals surface area contributed by atoms with E-state index in [1.807, 2.05) is 19.1 Å². The second kappa shape index (κ2) is 4.91. The normalized spacial score (nSPS) is 20.3. The average molecular weight is 208 g/mol. The molecule has 0 aromatic carbocycles. The first kappa shape index (κ1) is 11.7. The zero-order valence-electron chi connectivity index (χ0n) is 9.37. The fourth-order valence-corrected chi connectivity index (χ4v) is 1.74. The molecule has 15 heavy (non-hydrogen) atoms. The summed E-state index contributed by atoms with van der Waals surface area (Å²) in [5.41, 5.74) is 1.35. The molecule has 0 saturated carbocycles. The van der Waals surface area contributed by atoms with Crippen molar-refractivity contribution < 1.29 is 14.3 Å². The number of ketones is 1. The Hall–Kier alpha value is -1.38. The highest BCUT2D eigenvalue weighted by molar-refractivity contribution is 5.98. The number of hydrogen-bond donors (Lipinski definition) is 0. The number of carbonyl (C=O) groups is 2. The van der Waals surface area contributed by atoms with E-state index in [0.717, 1.165) is 5.57 Å². The van der Waals surface area contributed by atoms with Crippen molar-refractivity contribution in [3.8, 4) is 0 Å². The number of allylic oxidation sites excluding steroid dienone is 3. The molecule has 3 heteroatoms. The molecule has 0 amide bonds. The predicted octanol–water partition coefficient (Wildman–Crippen LogP) is 2.03. The van der Waals surface area contributed by atoms with E-state index in [4.69, 9.17) is 4.74 Å². The van der Waals surface area contributed by atoms with Gasteiger partial charge in [0.2, 0.25) is 0 Å². The molecule has 1 rings (SSSR count). The number of hydrogen-bond acceptors (Lipinski definition) is 3. The number of carbonyl (C=O) groups excluding carboxylic acids is 2. The standard InChI is InChI=1S/C12H16O3/c1-4-15-12(14)11-8(2)6-5-7-10(11)9(3)13/h5-6,10H,4,7H2,1-3H3. The second-order valence-electron chi connectivity index (χ2n) is 3.62. The summed E-state index contributed by atoms with van der Waals surface area (Å²) in [6.45, 7) is 5.44. The molecule has 0 N–H and O–H groups in total. The zero-order chi connectivity index (χ0) is 11.4. The van der Waals surface area contributed by atoms with E-state index in [1.165, 1.54) is 6.92 Å². The van der Waals surface area contributed by atoms with E-state index < -0.39 is 0 Å². The van der Waals surface area contributed by atoms with E-state index in [9.17, 15) is 9.59 Å². The Bertz CT molecular complexity index is 337. The lowest BCUT2D eigenvalue weighted by Gasteiger charge is -2.20. The lowest BCUT2D eigenvalue weighted by Crippen LogP contribution is -2.24. The Morgan fingerprint density at radius 2 is 2.20 bits per heavy atom. The van der Waals surface area contributed by atoms with Crippen LogP contribution in [0.5, 0.6) is 0 Å². The van der Waals surface area contributed by atoms with Gasteiger partial charge in [-0.25, -0.2) is 4.79 Å². The first-order chi connectivity index (χ1) is 7.07. The summed E-state index contributed by atoms with van der Waals surface area (Å²) in [6.07, 6.45) is 4.39. The molecule has 0 spiro atoms. The van der Waals surface area contributed by atoms with Crippen LogP contribution >= 0.6 is 0 Å². The van der Waals surface area contributed by atoms with Gasteiger partial charge in [-0.15, -0.1) is 0 Å². The molecule has 3 nitrogen and oxygen atoms in total. The second-order valence-corrected chi connectivity index (χ2v) is 3.62. The van der Waals surface area contributed by atoms with Crippen LogP contribution in [-0.2, 0) is 14.3 Å². The highest BCUT2D eigenvalue weighted by Crippen LogP contribution is 2.27. The van der Waals surface area contributed by atoms with Crippen molar-refractivity contribution in [1.82, 2.24) is 0 Å².